The van der Waals surface area contributed by atoms with Crippen molar-refractivity contribution in [1.82, 2.24) is 20.2 Å². The Bertz CT molecular complexity index is 751. The summed E-state index contributed by atoms with van der Waals surface area (Å²) in [7, 11) is 0. The molecule has 0 bridgehead atoms. The maximum atomic E-state index is 12.3. The highest BCUT2D eigenvalue weighted by molar-refractivity contribution is 6.30. The summed E-state index contributed by atoms with van der Waals surface area (Å²) in [6.07, 6.45) is 4.20. The van der Waals surface area contributed by atoms with Gasteiger partial charge in [0.25, 0.3) is 0 Å². The molecule has 2 heterocycles. The number of hydrogen-bond donors (Lipinski definition) is 1. The van der Waals surface area contributed by atoms with Crippen LogP contribution in [0.4, 0.5) is 10.7 Å². The van der Waals surface area contributed by atoms with Crippen molar-refractivity contribution in [3.63, 3.8) is 0 Å². The molecule has 1 aromatic heterocycles. The molecule has 1 aromatic carbocycles. The first-order valence-electron chi connectivity index (χ1n) is 9.07. The van der Waals surface area contributed by atoms with Crippen LogP contribution in [0.1, 0.15) is 12.0 Å². The van der Waals surface area contributed by atoms with Gasteiger partial charge >= 0.3 is 6.03 Å². The summed E-state index contributed by atoms with van der Waals surface area (Å²) < 4.78 is 5.74. The number of carbonyl (C=O) groups excluding carboxylic acids is 1. The number of urea groups is 1. The molecule has 1 aliphatic heterocycles. The van der Waals surface area contributed by atoms with Crippen molar-refractivity contribution in [2.24, 2.45) is 0 Å². The fraction of sp³-hybridized carbons (Fsp3) is 0.421. The molecule has 0 atom stereocenters. The zero-order valence-corrected chi connectivity index (χ0v) is 16.2. The molecule has 7 nitrogen and oxygen atoms in total. The SMILES string of the molecule is Cc1cc(Cl)ccc1OCCCNC(=O)N1CCN(c2ncccn2)CC1. The van der Waals surface area contributed by atoms with Gasteiger partial charge in [-0.05, 0) is 43.2 Å². The van der Waals surface area contributed by atoms with Gasteiger partial charge in [0, 0.05) is 50.1 Å². The number of anilines is 1. The highest BCUT2D eigenvalue weighted by atomic mass is 35.5. The molecular formula is C19H24ClN5O2. The van der Waals surface area contributed by atoms with Crippen LogP contribution in [-0.4, -0.2) is 60.2 Å². The number of hydrogen-bond acceptors (Lipinski definition) is 5. The van der Waals surface area contributed by atoms with Crippen LogP contribution >= 0.6 is 11.6 Å². The molecule has 0 unspecified atom stereocenters. The Morgan fingerprint density at radius 1 is 1.22 bits per heavy atom. The zero-order valence-electron chi connectivity index (χ0n) is 15.4. The van der Waals surface area contributed by atoms with Gasteiger partial charge in [-0.2, -0.15) is 0 Å². The smallest absolute Gasteiger partial charge is 0.317 e. The molecule has 0 saturated carbocycles. The van der Waals surface area contributed by atoms with Gasteiger partial charge in [-0.3, -0.25) is 0 Å². The molecule has 0 aliphatic carbocycles. The Kier molecular flexibility index (Phi) is 6.70. The van der Waals surface area contributed by atoms with Crippen LogP contribution in [0.3, 0.4) is 0 Å². The lowest BCUT2D eigenvalue weighted by molar-refractivity contribution is 0.193. The van der Waals surface area contributed by atoms with E-state index in [0.29, 0.717) is 37.2 Å². The third-order valence-corrected chi connectivity index (χ3v) is 4.63. The maximum absolute atomic E-state index is 12.3. The molecule has 27 heavy (non-hydrogen) atoms. The summed E-state index contributed by atoms with van der Waals surface area (Å²) in [4.78, 5) is 24.7. The number of halogens is 1. The summed E-state index contributed by atoms with van der Waals surface area (Å²) in [6.45, 7) is 5.86. The second-order valence-corrected chi connectivity index (χ2v) is 6.80. The Hall–Kier alpha value is -2.54. The molecular weight excluding hydrogens is 366 g/mol. The van der Waals surface area contributed by atoms with E-state index in [0.717, 1.165) is 30.8 Å². The first kappa shape index (κ1) is 19.2. The minimum Gasteiger partial charge on any atom is -0.493 e. The topological polar surface area (TPSA) is 70.6 Å². The van der Waals surface area contributed by atoms with Crippen molar-refractivity contribution in [2.45, 2.75) is 13.3 Å². The molecule has 1 saturated heterocycles. The average molecular weight is 390 g/mol. The molecule has 0 radical (unpaired) electrons. The quantitative estimate of drug-likeness (QED) is 0.769. The fourth-order valence-electron chi connectivity index (χ4n) is 2.90. The largest absolute Gasteiger partial charge is 0.493 e. The standard InChI is InChI=1S/C19H24ClN5O2/c1-15-14-16(20)4-5-17(15)27-13-3-8-23-19(26)25-11-9-24(10-12-25)18-21-6-2-7-22-18/h2,4-7,14H,3,8-13H2,1H3,(H,23,26). The lowest BCUT2D eigenvalue weighted by Gasteiger charge is -2.34. The van der Waals surface area contributed by atoms with Gasteiger partial charge in [-0.15, -0.1) is 0 Å². The van der Waals surface area contributed by atoms with Crippen LogP contribution in [0, 0.1) is 6.92 Å². The summed E-state index contributed by atoms with van der Waals surface area (Å²) >= 11 is 5.94. The number of piperazine rings is 1. The van der Waals surface area contributed by atoms with Gasteiger partial charge in [0.1, 0.15) is 5.75 Å². The van der Waals surface area contributed by atoms with Gasteiger partial charge in [0.2, 0.25) is 5.95 Å². The Balaban J connectivity index is 1.33. The summed E-state index contributed by atoms with van der Waals surface area (Å²) in [5, 5.41) is 3.65. The number of carbonyl (C=O) groups is 1. The van der Waals surface area contributed by atoms with E-state index in [2.05, 4.69) is 20.2 Å². The van der Waals surface area contributed by atoms with Crippen molar-refractivity contribution >= 4 is 23.6 Å². The monoisotopic (exact) mass is 389 g/mol. The van der Waals surface area contributed by atoms with E-state index in [-0.39, 0.29) is 6.03 Å². The lowest BCUT2D eigenvalue weighted by atomic mass is 10.2. The second kappa shape index (κ2) is 9.41. The van der Waals surface area contributed by atoms with E-state index in [1.807, 2.05) is 30.0 Å². The lowest BCUT2D eigenvalue weighted by Crippen LogP contribution is -2.52. The van der Waals surface area contributed by atoms with Gasteiger partial charge < -0.3 is 19.9 Å². The van der Waals surface area contributed by atoms with Gasteiger partial charge in [0.05, 0.1) is 6.61 Å². The van der Waals surface area contributed by atoms with E-state index >= 15 is 0 Å². The number of amides is 2. The van der Waals surface area contributed by atoms with E-state index in [9.17, 15) is 4.79 Å². The minimum atomic E-state index is -0.0358. The van der Waals surface area contributed by atoms with Crippen LogP contribution < -0.4 is 15.0 Å². The number of ether oxygens (including phenoxy) is 1. The van der Waals surface area contributed by atoms with Gasteiger partial charge in [-0.25, -0.2) is 14.8 Å². The second-order valence-electron chi connectivity index (χ2n) is 6.37. The van der Waals surface area contributed by atoms with E-state index in [4.69, 9.17) is 16.3 Å². The van der Waals surface area contributed by atoms with Gasteiger partial charge in [0.15, 0.2) is 0 Å². The Labute approximate surface area is 164 Å². The number of aromatic nitrogens is 2. The highest BCUT2D eigenvalue weighted by Crippen LogP contribution is 2.21. The van der Waals surface area contributed by atoms with E-state index in [1.54, 1.807) is 18.5 Å². The van der Waals surface area contributed by atoms with E-state index < -0.39 is 0 Å². The summed E-state index contributed by atoms with van der Waals surface area (Å²) in [5.41, 5.74) is 1.01. The molecule has 8 heteroatoms. The van der Waals surface area contributed by atoms with Gasteiger partial charge in [-0.1, -0.05) is 11.6 Å². The molecule has 0 spiro atoms. The predicted molar refractivity (Wildman–Crippen MR) is 106 cm³/mol. The van der Waals surface area contributed by atoms with Crippen LogP contribution in [0.2, 0.25) is 5.02 Å². The third kappa shape index (κ3) is 5.47. The zero-order chi connectivity index (χ0) is 19.1. The molecule has 144 valence electrons. The average Bonchev–Trinajstić information content (AvgIpc) is 2.70. The van der Waals surface area contributed by atoms with Crippen LogP contribution in [0.15, 0.2) is 36.7 Å². The summed E-state index contributed by atoms with van der Waals surface area (Å²) in [5.74, 6) is 1.54. The first-order chi connectivity index (χ1) is 13.1. The highest BCUT2D eigenvalue weighted by Gasteiger charge is 2.21. The molecule has 2 aromatic rings. The minimum absolute atomic E-state index is 0.0358. The van der Waals surface area contributed by atoms with Crippen LogP contribution in [0.25, 0.3) is 0 Å². The summed E-state index contributed by atoms with van der Waals surface area (Å²) in [6, 6.07) is 7.31. The normalized spacial score (nSPS) is 14.1. The number of benzene rings is 1. The van der Waals surface area contributed by atoms with Crippen molar-refractivity contribution < 1.29 is 9.53 Å². The molecule has 3 rings (SSSR count). The number of nitrogens with zero attached hydrogens (tertiary/aromatic N) is 4. The predicted octanol–water partition coefficient (Wildman–Crippen LogP) is 2.74. The molecule has 1 N–H and O–H groups in total. The van der Waals surface area contributed by atoms with Crippen molar-refractivity contribution in [3.8, 4) is 5.75 Å². The van der Waals surface area contributed by atoms with Crippen molar-refractivity contribution in [3.05, 3.63) is 47.2 Å². The van der Waals surface area contributed by atoms with Crippen molar-refractivity contribution in [2.75, 3.05) is 44.2 Å². The fourth-order valence-corrected chi connectivity index (χ4v) is 3.13. The van der Waals surface area contributed by atoms with Crippen molar-refractivity contribution in [1.29, 1.82) is 0 Å². The number of aryl methyl sites for hydroxylation is 1. The number of nitrogens with one attached hydrogen (secondary N) is 1. The Morgan fingerprint density at radius 2 is 1.96 bits per heavy atom. The molecule has 1 aliphatic rings. The van der Waals surface area contributed by atoms with Crippen LogP contribution in [0.5, 0.6) is 5.75 Å². The van der Waals surface area contributed by atoms with E-state index in [1.165, 1.54) is 0 Å². The first-order valence-corrected chi connectivity index (χ1v) is 9.45. The molecule has 1 fully saturated rings. The third-order valence-electron chi connectivity index (χ3n) is 4.39. The maximum Gasteiger partial charge on any atom is 0.317 e. The van der Waals surface area contributed by atoms with Crippen LogP contribution in [-0.2, 0) is 0 Å². The Morgan fingerprint density at radius 3 is 2.67 bits per heavy atom. The molecule has 2 amide bonds. The number of rotatable bonds is 6.